The van der Waals surface area contributed by atoms with Gasteiger partial charge in [0.25, 0.3) is 0 Å². The molecule has 142 valence electrons. The Kier molecular flexibility index (Phi) is 6.19. The molecule has 2 aromatic rings. The molecule has 5 atom stereocenters. The summed E-state index contributed by atoms with van der Waals surface area (Å²) in [6.45, 7) is 3.72. The number of thioether (sulfide) groups is 1. The highest BCUT2D eigenvalue weighted by atomic mass is 32.2. The maximum absolute atomic E-state index is 12.6. The lowest BCUT2D eigenvalue weighted by molar-refractivity contribution is -0.176. The Bertz CT molecular complexity index is 780. The molecule has 1 aliphatic rings. The number of carboxylic acids is 1. The van der Waals surface area contributed by atoms with E-state index in [2.05, 4.69) is 0 Å². The van der Waals surface area contributed by atoms with Gasteiger partial charge in [0.1, 0.15) is 11.5 Å². The Morgan fingerprint density at radius 2 is 1.56 bits per heavy atom. The van der Waals surface area contributed by atoms with Crippen molar-refractivity contribution in [1.29, 1.82) is 0 Å². The lowest BCUT2D eigenvalue weighted by Crippen LogP contribution is -2.52. The Morgan fingerprint density at radius 3 is 2.15 bits per heavy atom. The molecule has 2 aromatic carbocycles. The summed E-state index contributed by atoms with van der Waals surface area (Å²) in [7, 11) is 0. The molecule has 0 spiro atoms. The fourth-order valence-corrected chi connectivity index (χ4v) is 4.30. The summed E-state index contributed by atoms with van der Waals surface area (Å²) in [6.07, 6.45) is -1.50. The molecule has 1 fully saturated rings. The van der Waals surface area contributed by atoms with Gasteiger partial charge in [-0.1, -0.05) is 62.0 Å². The summed E-state index contributed by atoms with van der Waals surface area (Å²) < 4.78 is 11.7. The van der Waals surface area contributed by atoms with Crippen molar-refractivity contribution in [2.24, 2.45) is 11.8 Å². The Labute approximate surface area is 162 Å². The summed E-state index contributed by atoms with van der Waals surface area (Å²) in [4.78, 5) is 25.1. The molecule has 0 bridgehead atoms. The zero-order valence-electron chi connectivity index (χ0n) is 15.1. The third kappa shape index (κ3) is 4.51. The Hall–Kier alpha value is -2.31. The van der Waals surface area contributed by atoms with Crippen molar-refractivity contribution in [3.8, 4) is 0 Å². The summed E-state index contributed by atoms with van der Waals surface area (Å²) in [5.41, 5.74) is -0.145. The number of carboxylic acid groups (broad SMARTS) is 1. The largest absolute Gasteiger partial charge is 0.479 e. The number of esters is 1. The molecule has 5 nitrogen and oxygen atoms in total. The average Bonchev–Trinajstić information content (AvgIpc) is 2.68. The summed E-state index contributed by atoms with van der Waals surface area (Å²) >= 11 is 1.37. The van der Waals surface area contributed by atoms with E-state index in [4.69, 9.17) is 9.47 Å². The van der Waals surface area contributed by atoms with E-state index < -0.39 is 29.6 Å². The standard InChI is InChI=1S/C21H22O5S/c1-13-14(2)18(25-20(24)15-9-5-3-6-10-15)21(26-17(13)19(22)23)27-16-11-7-4-8-12-16/h3-14,17-18,21H,1-2H3,(H,22,23)/t13-,14+,17?,18?,21+/m1/s1. The lowest BCUT2D eigenvalue weighted by atomic mass is 9.84. The van der Waals surface area contributed by atoms with Gasteiger partial charge >= 0.3 is 11.9 Å². The average molecular weight is 386 g/mol. The summed E-state index contributed by atoms with van der Waals surface area (Å²) in [5.74, 6) is -1.89. The number of carbonyl (C=O) groups is 2. The molecule has 3 rings (SSSR count). The van der Waals surface area contributed by atoms with E-state index in [9.17, 15) is 14.7 Å². The first kappa shape index (κ1) is 19.5. The molecule has 1 saturated heterocycles. The number of hydrogen-bond acceptors (Lipinski definition) is 5. The Balaban J connectivity index is 1.84. The first-order valence-electron chi connectivity index (χ1n) is 8.83. The molecule has 0 radical (unpaired) electrons. The highest BCUT2D eigenvalue weighted by molar-refractivity contribution is 7.99. The summed E-state index contributed by atoms with van der Waals surface area (Å²) in [5, 5.41) is 9.51. The van der Waals surface area contributed by atoms with Gasteiger partial charge < -0.3 is 14.6 Å². The molecule has 2 unspecified atom stereocenters. The van der Waals surface area contributed by atoms with E-state index in [1.54, 1.807) is 24.3 Å². The Morgan fingerprint density at radius 1 is 0.963 bits per heavy atom. The normalized spacial score (nSPS) is 27.7. The molecule has 27 heavy (non-hydrogen) atoms. The van der Waals surface area contributed by atoms with Crippen molar-refractivity contribution in [3.05, 3.63) is 66.2 Å². The van der Waals surface area contributed by atoms with Crippen molar-refractivity contribution in [3.63, 3.8) is 0 Å². The third-order valence-electron chi connectivity index (χ3n) is 4.87. The van der Waals surface area contributed by atoms with Crippen LogP contribution in [0.1, 0.15) is 24.2 Å². The molecular formula is C21H22O5S. The van der Waals surface area contributed by atoms with Crippen molar-refractivity contribution < 1.29 is 24.2 Å². The van der Waals surface area contributed by atoms with Gasteiger partial charge in [0.2, 0.25) is 0 Å². The van der Waals surface area contributed by atoms with Crippen LogP contribution in [-0.2, 0) is 14.3 Å². The molecular weight excluding hydrogens is 364 g/mol. The van der Waals surface area contributed by atoms with Gasteiger partial charge in [-0.05, 0) is 30.2 Å². The van der Waals surface area contributed by atoms with E-state index >= 15 is 0 Å². The predicted octanol–water partition coefficient (Wildman–Crippen LogP) is 4.09. The van der Waals surface area contributed by atoms with Crippen LogP contribution in [0.15, 0.2) is 65.6 Å². The highest BCUT2D eigenvalue weighted by Gasteiger charge is 2.46. The molecule has 1 N–H and O–H groups in total. The number of ether oxygens (including phenoxy) is 2. The predicted molar refractivity (Wildman–Crippen MR) is 103 cm³/mol. The fraction of sp³-hybridized carbons (Fsp3) is 0.333. The topological polar surface area (TPSA) is 72.8 Å². The van der Waals surface area contributed by atoms with E-state index in [0.717, 1.165) is 4.90 Å². The van der Waals surface area contributed by atoms with Gasteiger partial charge in [-0.3, -0.25) is 0 Å². The molecule has 6 heteroatoms. The highest BCUT2D eigenvalue weighted by Crippen LogP contribution is 2.40. The molecule has 0 saturated carbocycles. The maximum Gasteiger partial charge on any atom is 0.338 e. The van der Waals surface area contributed by atoms with E-state index in [1.165, 1.54) is 11.8 Å². The van der Waals surface area contributed by atoms with Crippen molar-refractivity contribution in [2.45, 2.75) is 36.4 Å². The van der Waals surface area contributed by atoms with Crippen LogP contribution in [0.2, 0.25) is 0 Å². The minimum Gasteiger partial charge on any atom is -0.479 e. The molecule has 1 heterocycles. The molecule has 0 amide bonds. The van der Waals surface area contributed by atoms with Crippen LogP contribution in [-0.4, -0.2) is 34.7 Å². The van der Waals surface area contributed by atoms with Gasteiger partial charge in [-0.15, -0.1) is 0 Å². The second kappa shape index (κ2) is 8.59. The quantitative estimate of drug-likeness (QED) is 0.781. The first-order chi connectivity index (χ1) is 13.0. The lowest BCUT2D eigenvalue weighted by Gasteiger charge is -2.42. The SMILES string of the molecule is C[C@@H]1C(OC(=O)c2ccccc2)[C@H](Sc2ccccc2)OC(C(=O)O)[C@@H]1C. The van der Waals surface area contributed by atoms with Crippen LogP contribution in [0, 0.1) is 11.8 Å². The van der Waals surface area contributed by atoms with Gasteiger partial charge in [0, 0.05) is 10.8 Å². The van der Waals surface area contributed by atoms with E-state index in [-0.39, 0.29) is 11.8 Å². The zero-order chi connectivity index (χ0) is 19.4. The van der Waals surface area contributed by atoms with Crippen LogP contribution in [0.4, 0.5) is 0 Å². The van der Waals surface area contributed by atoms with Crippen molar-refractivity contribution in [2.75, 3.05) is 0 Å². The monoisotopic (exact) mass is 386 g/mol. The van der Waals surface area contributed by atoms with Gasteiger partial charge in [0.05, 0.1) is 5.56 Å². The van der Waals surface area contributed by atoms with Gasteiger partial charge in [0.15, 0.2) is 6.10 Å². The van der Waals surface area contributed by atoms with Crippen LogP contribution in [0.5, 0.6) is 0 Å². The van der Waals surface area contributed by atoms with Crippen LogP contribution < -0.4 is 0 Å². The second-order valence-electron chi connectivity index (χ2n) is 6.65. The zero-order valence-corrected chi connectivity index (χ0v) is 16.0. The van der Waals surface area contributed by atoms with Gasteiger partial charge in [-0.25, -0.2) is 9.59 Å². The number of benzene rings is 2. The van der Waals surface area contributed by atoms with Crippen LogP contribution in [0.3, 0.4) is 0 Å². The minimum absolute atomic E-state index is 0.172. The van der Waals surface area contributed by atoms with Crippen LogP contribution in [0.25, 0.3) is 0 Å². The summed E-state index contributed by atoms with van der Waals surface area (Å²) in [6, 6.07) is 18.3. The maximum atomic E-state index is 12.6. The minimum atomic E-state index is -0.999. The van der Waals surface area contributed by atoms with Crippen LogP contribution >= 0.6 is 11.8 Å². The third-order valence-corrected chi connectivity index (χ3v) is 6.02. The second-order valence-corrected chi connectivity index (χ2v) is 7.82. The number of hydrogen-bond donors (Lipinski definition) is 1. The first-order valence-corrected chi connectivity index (χ1v) is 9.71. The number of aliphatic carboxylic acids is 1. The number of carbonyl (C=O) groups excluding carboxylic acids is 1. The van der Waals surface area contributed by atoms with E-state index in [0.29, 0.717) is 5.56 Å². The smallest absolute Gasteiger partial charge is 0.338 e. The number of rotatable bonds is 5. The van der Waals surface area contributed by atoms with Crippen molar-refractivity contribution >= 4 is 23.7 Å². The molecule has 0 aliphatic carbocycles. The molecule has 1 aliphatic heterocycles. The van der Waals surface area contributed by atoms with Gasteiger partial charge in [-0.2, -0.15) is 0 Å². The van der Waals surface area contributed by atoms with E-state index in [1.807, 2.05) is 50.2 Å². The van der Waals surface area contributed by atoms with Crippen molar-refractivity contribution in [1.82, 2.24) is 0 Å². The molecule has 0 aromatic heterocycles. The fourth-order valence-electron chi connectivity index (χ4n) is 3.11.